The highest BCUT2D eigenvalue weighted by Crippen LogP contribution is 2.26. The van der Waals surface area contributed by atoms with Gasteiger partial charge in [-0.05, 0) is 50.0 Å². The number of nitrogens with zero attached hydrogens (tertiary/aromatic N) is 2. The smallest absolute Gasteiger partial charge is 0.191 e. The predicted octanol–water partition coefficient (Wildman–Crippen LogP) is 2.70. The Morgan fingerprint density at radius 3 is 2.74 bits per heavy atom. The Bertz CT molecular complexity index is 565. The second-order valence-corrected chi connectivity index (χ2v) is 7.09. The van der Waals surface area contributed by atoms with Crippen LogP contribution in [0.5, 0.6) is 0 Å². The van der Waals surface area contributed by atoms with Gasteiger partial charge in [-0.25, -0.2) is 0 Å². The molecular weight excluding hydrogens is 364 g/mol. The first-order chi connectivity index (χ1) is 13.2. The number of likely N-dealkylation sites (tertiary alicyclic amines) is 1. The third-order valence-corrected chi connectivity index (χ3v) is 4.93. The molecule has 1 aromatic carbocycles. The number of nitrogens with one attached hydrogen (secondary N) is 2. The molecule has 1 aliphatic rings. The second-order valence-electron chi connectivity index (χ2n) is 6.65. The van der Waals surface area contributed by atoms with Crippen LogP contribution in [0.2, 0.25) is 5.02 Å². The summed E-state index contributed by atoms with van der Waals surface area (Å²) in [6, 6.07) is 8.47. The van der Waals surface area contributed by atoms with Crippen LogP contribution in [-0.2, 0) is 9.47 Å². The van der Waals surface area contributed by atoms with E-state index in [1.807, 2.05) is 12.1 Å². The van der Waals surface area contributed by atoms with Crippen molar-refractivity contribution < 1.29 is 9.47 Å². The zero-order valence-electron chi connectivity index (χ0n) is 16.5. The van der Waals surface area contributed by atoms with Crippen molar-refractivity contribution >= 4 is 17.6 Å². The zero-order valence-corrected chi connectivity index (χ0v) is 17.3. The van der Waals surface area contributed by atoms with Crippen molar-refractivity contribution in [2.45, 2.75) is 25.3 Å². The highest BCUT2D eigenvalue weighted by molar-refractivity contribution is 6.30. The predicted molar refractivity (Wildman–Crippen MR) is 112 cm³/mol. The fourth-order valence-electron chi connectivity index (χ4n) is 3.26. The monoisotopic (exact) mass is 396 g/mol. The molecule has 27 heavy (non-hydrogen) atoms. The summed E-state index contributed by atoms with van der Waals surface area (Å²) in [5.41, 5.74) is 1.25. The number of rotatable bonds is 11. The molecular formula is C20H33ClN4O2. The Hall–Kier alpha value is -1.34. The zero-order chi connectivity index (χ0) is 19.3. The molecule has 2 N–H and O–H groups in total. The summed E-state index contributed by atoms with van der Waals surface area (Å²) in [6.45, 7) is 5.86. The van der Waals surface area contributed by atoms with Gasteiger partial charge in [0.25, 0.3) is 0 Å². The summed E-state index contributed by atoms with van der Waals surface area (Å²) < 4.78 is 10.4. The fourth-order valence-corrected chi connectivity index (χ4v) is 3.46. The molecule has 0 bridgehead atoms. The minimum atomic E-state index is 0.294. The maximum Gasteiger partial charge on any atom is 0.191 e. The Morgan fingerprint density at radius 2 is 2.04 bits per heavy atom. The lowest BCUT2D eigenvalue weighted by molar-refractivity contribution is 0.0698. The van der Waals surface area contributed by atoms with Crippen molar-refractivity contribution in [3.8, 4) is 0 Å². The molecule has 0 spiro atoms. The molecule has 1 unspecified atom stereocenters. The minimum Gasteiger partial charge on any atom is -0.382 e. The van der Waals surface area contributed by atoms with E-state index >= 15 is 0 Å². The molecule has 0 aliphatic carbocycles. The maximum atomic E-state index is 6.22. The maximum absolute atomic E-state index is 6.22. The Kier molecular flexibility index (Phi) is 10.5. The van der Waals surface area contributed by atoms with Crippen LogP contribution in [0.4, 0.5) is 0 Å². The number of hydrogen-bond acceptors (Lipinski definition) is 4. The van der Waals surface area contributed by atoms with Gasteiger partial charge in [0.2, 0.25) is 0 Å². The fraction of sp³-hybridized carbons (Fsp3) is 0.650. The van der Waals surface area contributed by atoms with Crippen LogP contribution in [0.1, 0.15) is 30.9 Å². The van der Waals surface area contributed by atoms with Gasteiger partial charge in [0.1, 0.15) is 0 Å². The minimum absolute atomic E-state index is 0.294. The molecule has 0 saturated carbocycles. The first kappa shape index (κ1) is 22.0. The van der Waals surface area contributed by atoms with Gasteiger partial charge < -0.3 is 20.1 Å². The van der Waals surface area contributed by atoms with Crippen LogP contribution in [0.25, 0.3) is 0 Å². The number of guanidine groups is 1. The van der Waals surface area contributed by atoms with Gasteiger partial charge in [-0.15, -0.1) is 0 Å². The number of hydrogen-bond donors (Lipinski definition) is 2. The van der Waals surface area contributed by atoms with E-state index in [9.17, 15) is 0 Å². The largest absolute Gasteiger partial charge is 0.382 e. The van der Waals surface area contributed by atoms with Crippen molar-refractivity contribution in [3.63, 3.8) is 0 Å². The first-order valence-electron chi connectivity index (χ1n) is 9.75. The molecule has 1 heterocycles. The van der Waals surface area contributed by atoms with Crippen molar-refractivity contribution in [2.24, 2.45) is 4.99 Å². The number of methoxy groups -OCH3 is 1. The average Bonchev–Trinajstić information content (AvgIpc) is 3.20. The molecule has 1 aromatic rings. The van der Waals surface area contributed by atoms with E-state index in [0.29, 0.717) is 25.9 Å². The third-order valence-electron chi connectivity index (χ3n) is 4.69. The van der Waals surface area contributed by atoms with Crippen LogP contribution < -0.4 is 10.6 Å². The average molecular weight is 397 g/mol. The van der Waals surface area contributed by atoms with Crippen molar-refractivity contribution in [2.75, 3.05) is 60.2 Å². The van der Waals surface area contributed by atoms with Crippen LogP contribution in [0.3, 0.4) is 0 Å². The Labute approximate surface area is 168 Å². The molecule has 1 fully saturated rings. The Morgan fingerprint density at radius 1 is 1.22 bits per heavy atom. The van der Waals surface area contributed by atoms with Crippen LogP contribution >= 0.6 is 11.6 Å². The molecule has 0 aromatic heterocycles. The second kappa shape index (κ2) is 12.9. The SMILES string of the molecule is CN=C(NCCCOCCOC)NCC(c1cccc(Cl)c1)N1CCCC1. The number of benzene rings is 1. The highest BCUT2D eigenvalue weighted by Gasteiger charge is 2.23. The lowest BCUT2D eigenvalue weighted by Crippen LogP contribution is -2.43. The number of aliphatic imine (C=N–C) groups is 1. The van der Waals surface area contributed by atoms with Crippen molar-refractivity contribution in [3.05, 3.63) is 34.9 Å². The van der Waals surface area contributed by atoms with Crippen molar-refractivity contribution in [1.29, 1.82) is 0 Å². The normalized spacial score (nSPS) is 16.5. The highest BCUT2D eigenvalue weighted by atomic mass is 35.5. The van der Waals surface area contributed by atoms with Gasteiger partial charge >= 0.3 is 0 Å². The summed E-state index contributed by atoms with van der Waals surface area (Å²) in [7, 11) is 3.48. The van der Waals surface area contributed by atoms with Crippen LogP contribution in [-0.4, -0.2) is 71.0 Å². The molecule has 0 amide bonds. The summed E-state index contributed by atoms with van der Waals surface area (Å²) in [6.07, 6.45) is 3.44. The molecule has 6 nitrogen and oxygen atoms in total. The standard InChI is InChI=1S/C20H33ClN4O2/c1-22-20(23-9-6-12-27-14-13-26-2)24-16-19(25-10-3-4-11-25)17-7-5-8-18(21)15-17/h5,7-8,15,19H,3-4,6,9-14,16H2,1-2H3,(H2,22,23,24). The van der Waals surface area contributed by atoms with Crippen molar-refractivity contribution in [1.82, 2.24) is 15.5 Å². The lowest BCUT2D eigenvalue weighted by atomic mass is 10.1. The summed E-state index contributed by atoms with van der Waals surface area (Å²) in [5, 5.41) is 7.61. The summed E-state index contributed by atoms with van der Waals surface area (Å²) >= 11 is 6.22. The van der Waals surface area contributed by atoms with Gasteiger partial charge in [-0.2, -0.15) is 0 Å². The molecule has 1 atom stereocenters. The molecule has 152 valence electrons. The van der Waals surface area contributed by atoms with Gasteiger partial charge in [0, 0.05) is 38.9 Å². The molecule has 1 saturated heterocycles. The van der Waals surface area contributed by atoms with Gasteiger partial charge in [0.05, 0.1) is 19.3 Å². The quantitative estimate of drug-likeness (QED) is 0.342. The van der Waals surface area contributed by atoms with E-state index < -0.39 is 0 Å². The summed E-state index contributed by atoms with van der Waals surface area (Å²) in [4.78, 5) is 6.86. The third kappa shape index (κ3) is 8.05. The van der Waals surface area contributed by atoms with Gasteiger partial charge in [0.15, 0.2) is 5.96 Å². The first-order valence-corrected chi connectivity index (χ1v) is 10.1. The van der Waals surface area contributed by atoms with Crippen LogP contribution in [0, 0.1) is 0 Å². The molecule has 7 heteroatoms. The lowest BCUT2D eigenvalue weighted by Gasteiger charge is -2.29. The van der Waals surface area contributed by atoms with E-state index in [0.717, 1.165) is 43.6 Å². The Balaban J connectivity index is 1.80. The molecule has 0 radical (unpaired) electrons. The summed E-state index contributed by atoms with van der Waals surface area (Å²) in [5.74, 6) is 0.818. The van der Waals surface area contributed by atoms with E-state index in [1.54, 1.807) is 14.2 Å². The molecule has 2 rings (SSSR count). The van der Waals surface area contributed by atoms with E-state index in [-0.39, 0.29) is 0 Å². The number of halogens is 1. The van der Waals surface area contributed by atoms with E-state index in [2.05, 4.69) is 32.7 Å². The topological polar surface area (TPSA) is 58.1 Å². The van der Waals surface area contributed by atoms with Gasteiger partial charge in [-0.3, -0.25) is 9.89 Å². The van der Waals surface area contributed by atoms with E-state index in [4.69, 9.17) is 21.1 Å². The molecule has 1 aliphatic heterocycles. The van der Waals surface area contributed by atoms with Gasteiger partial charge in [-0.1, -0.05) is 23.7 Å². The van der Waals surface area contributed by atoms with E-state index in [1.165, 1.54) is 18.4 Å². The van der Waals surface area contributed by atoms with Crippen LogP contribution in [0.15, 0.2) is 29.3 Å². The number of ether oxygens (including phenoxy) is 2.